The van der Waals surface area contributed by atoms with Gasteiger partial charge in [0.2, 0.25) is 0 Å². The van der Waals surface area contributed by atoms with Crippen LogP contribution in [0.3, 0.4) is 0 Å². The summed E-state index contributed by atoms with van der Waals surface area (Å²) in [6, 6.07) is 5.48. The zero-order valence-electron chi connectivity index (χ0n) is 11.8. The van der Waals surface area contributed by atoms with Crippen LogP contribution in [-0.4, -0.2) is 23.2 Å². The van der Waals surface area contributed by atoms with E-state index in [1.807, 2.05) is 18.2 Å². The predicted molar refractivity (Wildman–Crippen MR) is 74.3 cm³/mol. The van der Waals surface area contributed by atoms with Crippen LogP contribution in [0.15, 0.2) is 18.2 Å². The largest absolute Gasteiger partial charge is 0.476 e. The number of anilines is 1. The number of benzene rings is 1. The number of nitrogens with zero attached hydrogens (tertiary/aromatic N) is 1. The molecule has 1 aliphatic rings. The van der Waals surface area contributed by atoms with Crippen molar-refractivity contribution in [2.45, 2.75) is 45.8 Å². The summed E-state index contributed by atoms with van der Waals surface area (Å²) in [7, 11) is 0. The number of hydrogen-bond donors (Lipinski definition) is 1. The minimum atomic E-state index is -0.832. The van der Waals surface area contributed by atoms with Crippen molar-refractivity contribution in [2.24, 2.45) is 0 Å². The summed E-state index contributed by atoms with van der Waals surface area (Å²) in [6.45, 7) is 6.33. The van der Waals surface area contributed by atoms with Crippen LogP contribution in [0.4, 0.5) is 5.69 Å². The lowest BCUT2D eigenvalue weighted by Gasteiger charge is -2.39. The molecule has 1 aromatic carbocycles. The first-order chi connectivity index (χ1) is 8.99. The third kappa shape index (κ3) is 2.59. The van der Waals surface area contributed by atoms with Crippen molar-refractivity contribution in [3.8, 4) is 5.75 Å². The van der Waals surface area contributed by atoms with E-state index in [2.05, 4.69) is 6.92 Å². The molecule has 1 heterocycles. The lowest BCUT2D eigenvalue weighted by atomic mass is 10.0. The number of aliphatic hydroxyl groups is 1. The zero-order valence-corrected chi connectivity index (χ0v) is 11.8. The van der Waals surface area contributed by atoms with Crippen molar-refractivity contribution in [3.63, 3.8) is 0 Å². The monoisotopic (exact) mass is 263 g/mol. The Hall–Kier alpha value is -1.55. The van der Waals surface area contributed by atoms with Crippen LogP contribution in [0.25, 0.3) is 0 Å². The molecule has 0 fully saturated rings. The van der Waals surface area contributed by atoms with Gasteiger partial charge in [0.15, 0.2) is 5.60 Å². The number of carbonyl (C=O) groups excluding carboxylic acids is 1. The third-order valence-electron chi connectivity index (χ3n) is 3.36. The minimum Gasteiger partial charge on any atom is -0.476 e. The van der Waals surface area contributed by atoms with E-state index in [-0.39, 0.29) is 12.5 Å². The van der Waals surface area contributed by atoms with E-state index in [9.17, 15) is 9.90 Å². The second-order valence-corrected chi connectivity index (χ2v) is 5.38. The van der Waals surface area contributed by atoms with E-state index in [0.29, 0.717) is 12.3 Å². The number of unbranched alkanes of at least 4 members (excludes halogenated alkanes) is 1. The Morgan fingerprint density at radius 1 is 1.37 bits per heavy atom. The van der Waals surface area contributed by atoms with Gasteiger partial charge in [0.1, 0.15) is 5.75 Å². The molecule has 0 saturated heterocycles. The molecule has 19 heavy (non-hydrogen) atoms. The predicted octanol–water partition coefficient (Wildman–Crippen LogP) is 2.48. The van der Waals surface area contributed by atoms with Crippen molar-refractivity contribution >= 4 is 11.6 Å². The molecule has 0 atom stereocenters. The van der Waals surface area contributed by atoms with Crippen molar-refractivity contribution in [1.82, 2.24) is 0 Å². The Morgan fingerprint density at radius 2 is 2.11 bits per heavy atom. The number of ether oxygens (including phenoxy) is 1. The summed E-state index contributed by atoms with van der Waals surface area (Å²) in [5.41, 5.74) is 0.724. The molecule has 1 N–H and O–H groups in total. The maximum absolute atomic E-state index is 12.5. The smallest absolute Gasteiger partial charge is 0.270 e. The Labute approximate surface area is 114 Å². The number of carbonyl (C=O) groups is 1. The lowest BCUT2D eigenvalue weighted by Crippen LogP contribution is -2.52. The fraction of sp³-hybridized carbons (Fsp3) is 0.533. The summed E-state index contributed by atoms with van der Waals surface area (Å²) in [5, 5.41) is 9.23. The van der Waals surface area contributed by atoms with Crippen LogP contribution in [0.1, 0.15) is 39.2 Å². The van der Waals surface area contributed by atoms with Gasteiger partial charge >= 0.3 is 0 Å². The molecule has 0 bridgehead atoms. The maximum atomic E-state index is 12.5. The van der Waals surface area contributed by atoms with E-state index in [4.69, 9.17) is 4.74 Å². The van der Waals surface area contributed by atoms with Crippen LogP contribution in [0.5, 0.6) is 5.75 Å². The number of fused-ring (bicyclic) bond motifs is 1. The highest BCUT2D eigenvalue weighted by atomic mass is 16.5. The third-order valence-corrected chi connectivity index (χ3v) is 3.36. The molecule has 2 rings (SSSR count). The Bertz CT molecular complexity index is 482. The number of hydrogen-bond acceptors (Lipinski definition) is 3. The molecule has 4 heteroatoms. The van der Waals surface area contributed by atoms with Gasteiger partial charge in [-0.2, -0.15) is 0 Å². The highest BCUT2D eigenvalue weighted by Crippen LogP contribution is 2.38. The summed E-state index contributed by atoms with van der Waals surface area (Å²) < 4.78 is 5.77. The normalized spacial score (nSPS) is 17.1. The van der Waals surface area contributed by atoms with Gasteiger partial charge in [0.25, 0.3) is 5.91 Å². The molecule has 1 aromatic rings. The Morgan fingerprint density at radius 3 is 2.74 bits per heavy atom. The second kappa shape index (κ2) is 5.21. The lowest BCUT2D eigenvalue weighted by molar-refractivity contribution is -0.132. The standard InChI is InChI=1S/C15H21NO3/c1-4-5-8-16-12-9-11(10-17)6-7-13(12)19-15(2,3)14(16)18/h6-7,9,17H,4-5,8,10H2,1-3H3. The van der Waals surface area contributed by atoms with Crippen molar-refractivity contribution in [1.29, 1.82) is 0 Å². The van der Waals surface area contributed by atoms with Crippen molar-refractivity contribution < 1.29 is 14.6 Å². The molecule has 0 radical (unpaired) electrons. The van der Waals surface area contributed by atoms with Gasteiger partial charge in [0.05, 0.1) is 12.3 Å². The molecule has 104 valence electrons. The fourth-order valence-corrected chi connectivity index (χ4v) is 2.25. The molecular weight excluding hydrogens is 242 g/mol. The highest BCUT2D eigenvalue weighted by molar-refractivity contribution is 6.02. The average molecular weight is 263 g/mol. The SMILES string of the molecule is CCCCN1C(=O)C(C)(C)Oc2ccc(CO)cc21. The van der Waals surface area contributed by atoms with Gasteiger partial charge in [-0.15, -0.1) is 0 Å². The maximum Gasteiger partial charge on any atom is 0.270 e. The minimum absolute atomic E-state index is 0.0245. The van der Waals surface area contributed by atoms with Crippen molar-refractivity contribution in [3.05, 3.63) is 23.8 Å². The quantitative estimate of drug-likeness (QED) is 0.908. The first kappa shape index (κ1) is 13.9. The van der Waals surface area contributed by atoms with E-state index < -0.39 is 5.60 Å². The summed E-state index contributed by atoms with van der Waals surface area (Å²) in [4.78, 5) is 14.2. The van der Waals surface area contributed by atoms with Crippen LogP contribution in [0, 0.1) is 0 Å². The second-order valence-electron chi connectivity index (χ2n) is 5.38. The molecule has 0 aromatic heterocycles. The van der Waals surface area contributed by atoms with E-state index in [1.54, 1.807) is 18.7 Å². The zero-order chi connectivity index (χ0) is 14.0. The fourth-order valence-electron chi connectivity index (χ4n) is 2.25. The number of amides is 1. The van der Waals surface area contributed by atoms with Gasteiger partial charge in [-0.05, 0) is 38.0 Å². The first-order valence-electron chi connectivity index (χ1n) is 6.74. The number of aliphatic hydroxyl groups excluding tert-OH is 1. The van der Waals surface area contributed by atoms with Crippen molar-refractivity contribution in [2.75, 3.05) is 11.4 Å². The molecule has 0 unspecified atom stereocenters. The number of rotatable bonds is 4. The summed E-state index contributed by atoms with van der Waals surface area (Å²) >= 11 is 0. The molecule has 0 saturated carbocycles. The van der Waals surface area contributed by atoms with Gasteiger partial charge in [-0.25, -0.2) is 0 Å². The topological polar surface area (TPSA) is 49.8 Å². The van der Waals surface area contributed by atoms with Crippen LogP contribution in [-0.2, 0) is 11.4 Å². The first-order valence-corrected chi connectivity index (χ1v) is 6.74. The summed E-state index contributed by atoms with van der Waals surface area (Å²) in [6.07, 6.45) is 1.98. The molecule has 1 amide bonds. The van der Waals surface area contributed by atoms with Gasteiger partial charge in [0, 0.05) is 6.54 Å². The van der Waals surface area contributed by atoms with Gasteiger partial charge < -0.3 is 14.7 Å². The van der Waals surface area contributed by atoms with Gasteiger partial charge in [-0.1, -0.05) is 19.4 Å². The van der Waals surface area contributed by atoms with Crippen LogP contribution < -0.4 is 9.64 Å². The molecule has 1 aliphatic heterocycles. The van der Waals surface area contributed by atoms with E-state index in [0.717, 1.165) is 24.1 Å². The molecule has 0 aliphatic carbocycles. The van der Waals surface area contributed by atoms with E-state index >= 15 is 0 Å². The Kier molecular flexibility index (Phi) is 3.80. The van der Waals surface area contributed by atoms with E-state index in [1.165, 1.54) is 0 Å². The van der Waals surface area contributed by atoms with Crippen LogP contribution in [0.2, 0.25) is 0 Å². The molecular formula is C15H21NO3. The van der Waals surface area contributed by atoms with Gasteiger partial charge in [-0.3, -0.25) is 4.79 Å². The molecule has 4 nitrogen and oxygen atoms in total. The Balaban J connectivity index is 2.43. The highest BCUT2D eigenvalue weighted by Gasteiger charge is 2.40. The summed E-state index contributed by atoms with van der Waals surface area (Å²) in [5.74, 6) is 0.682. The van der Waals surface area contributed by atoms with Crippen LogP contribution >= 0.6 is 0 Å². The average Bonchev–Trinajstić information content (AvgIpc) is 2.39. The molecule has 0 spiro atoms.